The molecule has 1 aliphatic heterocycles. The monoisotopic (exact) mass is 289 g/mol. The zero-order valence-electron chi connectivity index (χ0n) is 12.2. The van der Waals surface area contributed by atoms with Gasteiger partial charge in [0.1, 0.15) is 17.9 Å². The van der Waals surface area contributed by atoms with Crippen molar-refractivity contribution < 1.29 is 14.2 Å². The zero-order valence-corrected chi connectivity index (χ0v) is 12.2. The number of rotatable bonds is 4. The van der Waals surface area contributed by atoms with Gasteiger partial charge in [-0.2, -0.15) is 5.10 Å². The van der Waals surface area contributed by atoms with Gasteiger partial charge < -0.3 is 19.9 Å². The second kappa shape index (κ2) is 5.75. The molecule has 0 aliphatic carbocycles. The van der Waals surface area contributed by atoms with Crippen molar-refractivity contribution in [3.63, 3.8) is 0 Å². The van der Waals surface area contributed by atoms with Gasteiger partial charge in [0, 0.05) is 24.4 Å². The van der Waals surface area contributed by atoms with Crippen LogP contribution in [0, 0.1) is 0 Å². The number of aromatic nitrogens is 2. The molecule has 0 spiro atoms. The van der Waals surface area contributed by atoms with Crippen LogP contribution < -0.4 is 10.5 Å². The van der Waals surface area contributed by atoms with E-state index in [9.17, 15) is 0 Å². The fourth-order valence-electron chi connectivity index (χ4n) is 2.66. The lowest BCUT2D eigenvalue weighted by molar-refractivity contribution is 0.0665. The fourth-order valence-corrected chi connectivity index (χ4v) is 2.66. The van der Waals surface area contributed by atoms with E-state index in [2.05, 4.69) is 5.10 Å². The van der Waals surface area contributed by atoms with Crippen LogP contribution in [0.5, 0.6) is 5.75 Å². The van der Waals surface area contributed by atoms with Crippen molar-refractivity contribution >= 4 is 5.69 Å². The summed E-state index contributed by atoms with van der Waals surface area (Å²) < 4.78 is 18.2. The molecule has 21 heavy (non-hydrogen) atoms. The number of nitrogens with two attached hydrogens (primary N) is 1. The zero-order chi connectivity index (χ0) is 14.8. The van der Waals surface area contributed by atoms with E-state index in [4.69, 9.17) is 19.9 Å². The van der Waals surface area contributed by atoms with Crippen molar-refractivity contribution in [3.8, 4) is 16.9 Å². The molecule has 0 amide bonds. The molecule has 0 radical (unpaired) electrons. The van der Waals surface area contributed by atoms with Crippen molar-refractivity contribution in [1.82, 2.24) is 9.78 Å². The minimum absolute atomic E-state index is 0.0282. The molecule has 2 heterocycles. The van der Waals surface area contributed by atoms with Gasteiger partial charge in [0.2, 0.25) is 0 Å². The van der Waals surface area contributed by atoms with Gasteiger partial charge in [0.25, 0.3) is 0 Å². The van der Waals surface area contributed by atoms with E-state index in [0.29, 0.717) is 24.7 Å². The van der Waals surface area contributed by atoms with E-state index in [1.807, 2.05) is 35.3 Å². The molecule has 6 nitrogen and oxygen atoms in total. The molecular formula is C15H19N3O3. The average molecular weight is 289 g/mol. The molecular weight excluding hydrogens is 270 g/mol. The molecule has 2 N–H and O–H groups in total. The average Bonchev–Trinajstić information content (AvgIpc) is 3.15. The summed E-state index contributed by atoms with van der Waals surface area (Å²) in [4.78, 5) is 0. The molecule has 0 saturated carbocycles. The Kier molecular flexibility index (Phi) is 3.81. The van der Waals surface area contributed by atoms with Crippen LogP contribution in [0.1, 0.15) is 6.04 Å². The van der Waals surface area contributed by atoms with Crippen molar-refractivity contribution in [1.29, 1.82) is 0 Å². The van der Waals surface area contributed by atoms with Gasteiger partial charge in [-0.3, -0.25) is 4.68 Å². The highest BCUT2D eigenvalue weighted by Gasteiger charge is 2.30. The van der Waals surface area contributed by atoms with Gasteiger partial charge in [0.05, 0.1) is 32.2 Å². The first-order valence-electron chi connectivity index (χ1n) is 6.82. The van der Waals surface area contributed by atoms with Crippen LogP contribution >= 0.6 is 0 Å². The Balaban J connectivity index is 1.94. The Hall–Kier alpha value is -2.05. The Labute approximate surface area is 123 Å². The van der Waals surface area contributed by atoms with Gasteiger partial charge in [-0.25, -0.2) is 0 Å². The smallest absolute Gasteiger partial charge is 0.149 e. The van der Waals surface area contributed by atoms with Gasteiger partial charge in [-0.1, -0.05) is 12.1 Å². The SMILES string of the molecule is COc1c(N)cccc1-c1cnn([C@@H]2COC[C@H]2OC)c1. The van der Waals surface area contributed by atoms with Gasteiger partial charge in [-0.05, 0) is 6.07 Å². The van der Waals surface area contributed by atoms with Gasteiger partial charge in [0.15, 0.2) is 0 Å². The summed E-state index contributed by atoms with van der Waals surface area (Å²) >= 11 is 0. The third kappa shape index (κ3) is 2.48. The summed E-state index contributed by atoms with van der Waals surface area (Å²) in [5.41, 5.74) is 8.45. The normalized spacial score (nSPS) is 21.6. The number of nitrogens with zero attached hydrogens (tertiary/aromatic N) is 2. The third-order valence-corrected chi connectivity index (χ3v) is 3.80. The second-order valence-electron chi connectivity index (χ2n) is 5.02. The first-order valence-corrected chi connectivity index (χ1v) is 6.82. The number of ether oxygens (including phenoxy) is 3. The molecule has 1 fully saturated rings. The van der Waals surface area contributed by atoms with Crippen LogP contribution in [0.15, 0.2) is 30.6 Å². The summed E-state index contributed by atoms with van der Waals surface area (Å²) in [5, 5.41) is 4.44. The lowest BCUT2D eigenvalue weighted by Gasteiger charge is -2.16. The first-order chi connectivity index (χ1) is 10.2. The number of benzene rings is 1. The highest BCUT2D eigenvalue weighted by atomic mass is 16.5. The summed E-state index contributed by atoms with van der Waals surface area (Å²) in [7, 11) is 3.31. The van der Waals surface area contributed by atoms with Crippen LogP contribution in [0.25, 0.3) is 11.1 Å². The largest absolute Gasteiger partial charge is 0.494 e. The molecule has 2 aromatic rings. The summed E-state index contributed by atoms with van der Waals surface area (Å²) in [6, 6.07) is 5.78. The number of hydrogen-bond donors (Lipinski definition) is 1. The Bertz CT molecular complexity index is 626. The van der Waals surface area contributed by atoms with Crippen molar-refractivity contribution in [2.75, 3.05) is 33.2 Å². The molecule has 6 heteroatoms. The maximum absolute atomic E-state index is 5.95. The molecule has 0 bridgehead atoms. The van der Waals surface area contributed by atoms with E-state index in [1.54, 1.807) is 14.2 Å². The third-order valence-electron chi connectivity index (χ3n) is 3.80. The van der Waals surface area contributed by atoms with Crippen LogP contribution in [0.3, 0.4) is 0 Å². The number of nitrogen functional groups attached to an aromatic ring is 1. The van der Waals surface area contributed by atoms with Crippen LogP contribution in [0.4, 0.5) is 5.69 Å². The fraction of sp³-hybridized carbons (Fsp3) is 0.400. The predicted molar refractivity (Wildman–Crippen MR) is 79.3 cm³/mol. The molecule has 0 unspecified atom stereocenters. The highest BCUT2D eigenvalue weighted by molar-refractivity contribution is 5.76. The van der Waals surface area contributed by atoms with Crippen LogP contribution in [0.2, 0.25) is 0 Å². The van der Waals surface area contributed by atoms with Crippen molar-refractivity contribution in [2.24, 2.45) is 0 Å². The van der Waals surface area contributed by atoms with E-state index in [0.717, 1.165) is 11.1 Å². The first kappa shape index (κ1) is 13.9. The topological polar surface area (TPSA) is 71.5 Å². The van der Waals surface area contributed by atoms with Crippen LogP contribution in [-0.4, -0.2) is 43.3 Å². The van der Waals surface area contributed by atoms with Gasteiger partial charge >= 0.3 is 0 Å². The molecule has 1 saturated heterocycles. The predicted octanol–water partition coefficient (Wildman–Crippen LogP) is 1.73. The van der Waals surface area contributed by atoms with E-state index in [1.165, 1.54) is 0 Å². The number of para-hydroxylation sites is 1. The molecule has 2 atom stereocenters. The van der Waals surface area contributed by atoms with E-state index < -0.39 is 0 Å². The quantitative estimate of drug-likeness (QED) is 0.868. The lowest BCUT2D eigenvalue weighted by Crippen LogP contribution is -2.24. The number of anilines is 1. The molecule has 1 aliphatic rings. The van der Waals surface area contributed by atoms with Gasteiger partial charge in [-0.15, -0.1) is 0 Å². The second-order valence-corrected chi connectivity index (χ2v) is 5.02. The minimum Gasteiger partial charge on any atom is -0.494 e. The van der Waals surface area contributed by atoms with Crippen molar-refractivity contribution in [2.45, 2.75) is 12.1 Å². The van der Waals surface area contributed by atoms with Crippen LogP contribution in [-0.2, 0) is 9.47 Å². The maximum Gasteiger partial charge on any atom is 0.149 e. The number of methoxy groups -OCH3 is 2. The number of hydrogen-bond acceptors (Lipinski definition) is 5. The Morgan fingerprint density at radius 3 is 2.95 bits per heavy atom. The maximum atomic E-state index is 5.95. The molecule has 1 aromatic heterocycles. The highest BCUT2D eigenvalue weighted by Crippen LogP contribution is 2.35. The van der Waals surface area contributed by atoms with Crippen molar-refractivity contribution in [3.05, 3.63) is 30.6 Å². The van der Waals surface area contributed by atoms with E-state index >= 15 is 0 Å². The minimum atomic E-state index is 0.0282. The summed E-state index contributed by atoms with van der Waals surface area (Å²) in [6.45, 7) is 1.20. The Morgan fingerprint density at radius 1 is 1.33 bits per heavy atom. The molecule has 1 aromatic carbocycles. The molecule has 112 valence electrons. The molecule has 3 rings (SSSR count). The summed E-state index contributed by atoms with van der Waals surface area (Å²) in [6.07, 6.45) is 3.81. The van der Waals surface area contributed by atoms with E-state index in [-0.39, 0.29) is 12.1 Å². The summed E-state index contributed by atoms with van der Waals surface area (Å²) in [5.74, 6) is 0.669. The Morgan fingerprint density at radius 2 is 2.19 bits per heavy atom. The standard InChI is InChI=1S/C15H19N3O3/c1-19-14-9-21-8-13(14)18-7-10(6-17-18)11-4-3-5-12(16)15(11)20-2/h3-7,13-14H,8-9,16H2,1-2H3/t13-,14-/m1/s1. The lowest BCUT2D eigenvalue weighted by atomic mass is 10.1.